The van der Waals surface area contributed by atoms with E-state index in [-0.39, 0.29) is 17.1 Å². The highest BCUT2D eigenvalue weighted by Gasteiger charge is 2.10. The number of phenolic OH excluding ortho intramolecular Hbond substituents is 1. The number of nitrogen functional groups attached to an aromatic ring is 1. The maximum Gasteiger partial charge on any atom is 0.295 e. The van der Waals surface area contributed by atoms with Crippen molar-refractivity contribution in [1.29, 1.82) is 0 Å². The van der Waals surface area contributed by atoms with Crippen molar-refractivity contribution in [2.45, 2.75) is 0 Å². The fourth-order valence-corrected chi connectivity index (χ4v) is 0.690. The lowest BCUT2D eigenvalue weighted by Gasteiger charge is -1.95. The highest BCUT2D eigenvalue weighted by Crippen LogP contribution is 2.24. The smallest absolute Gasteiger partial charge is 0.295 e. The Morgan fingerprint density at radius 1 is 1.67 bits per heavy atom. The summed E-state index contributed by atoms with van der Waals surface area (Å²) in [7, 11) is 0. The number of phenols is 1. The van der Waals surface area contributed by atoms with Crippen molar-refractivity contribution in [2.75, 3.05) is 5.73 Å². The van der Waals surface area contributed by atoms with E-state index in [0.29, 0.717) is 0 Å². The Kier molecular flexibility index (Phi) is 5.44. The molecule has 0 atom stereocenters. The van der Waals surface area contributed by atoms with Crippen LogP contribution in [0.4, 0.5) is 11.4 Å². The van der Waals surface area contributed by atoms with Crippen LogP contribution in [0.3, 0.4) is 0 Å². The van der Waals surface area contributed by atoms with Gasteiger partial charge in [-0.25, -0.2) is 0 Å². The van der Waals surface area contributed by atoms with Gasteiger partial charge >= 0.3 is 0 Å². The Bertz CT molecular complexity index is 389. The Hall–Kier alpha value is -2.13. The van der Waals surface area contributed by atoms with Crippen LogP contribution in [0.1, 0.15) is 0 Å². The zero-order valence-electron chi connectivity index (χ0n) is 7.38. The van der Waals surface area contributed by atoms with E-state index in [2.05, 4.69) is 22.6 Å². The summed E-state index contributed by atoms with van der Waals surface area (Å²) in [6, 6.07) is 3.59. The van der Waals surface area contributed by atoms with Crippen molar-refractivity contribution in [3.63, 3.8) is 0 Å². The molecule has 6 nitrogen and oxygen atoms in total. The van der Waals surface area contributed by atoms with E-state index in [1.807, 2.05) is 0 Å². The minimum absolute atomic E-state index is 0.0489. The third-order valence-corrected chi connectivity index (χ3v) is 1.34. The average molecular weight is 231 g/mol. The molecule has 1 aromatic carbocycles. The summed E-state index contributed by atoms with van der Waals surface area (Å²) in [4.78, 5) is 9.54. The summed E-state index contributed by atoms with van der Waals surface area (Å²) in [5.74, 6) is -0.161. The fourth-order valence-electron chi connectivity index (χ4n) is 0.690. The second kappa shape index (κ2) is 6.34. The van der Waals surface area contributed by atoms with Crippen molar-refractivity contribution in [1.82, 2.24) is 0 Å². The molecule has 0 spiro atoms. The number of terminal acetylenes is 1. The zero-order valence-corrected chi connectivity index (χ0v) is 8.14. The molecule has 0 aliphatic carbocycles. The van der Waals surface area contributed by atoms with Gasteiger partial charge in [0.1, 0.15) is 29.4 Å². The van der Waals surface area contributed by atoms with Gasteiger partial charge in [0.05, 0.1) is 11.0 Å². The van der Waals surface area contributed by atoms with Gasteiger partial charge in [-0.05, 0) is 12.1 Å². The minimum atomic E-state index is -0.644. The second-order valence-electron chi connectivity index (χ2n) is 2.20. The molecule has 0 amide bonds. The van der Waals surface area contributed by atoms with E-state index in [1.165, 1.54) is 12.1 Å². The molecule has 0 aliphatic heterocycles. The van der Waals surface area contributed by atoms with Crippen molar-refractivity contribution in [3.8, 4) is 18.3 Å². The van der Waals surface area contributed by atoms with Crippen LogP contribution in [0, 0.1) is 22.6 Å². The number of nitrogens with zero attached hydrogens (tertiary/aromatic N) is 1. The first kappa shape index (κ1) is 12.9. The Morgan fingerprint density at radius 3 is 2.53 bits per heavy atom. The summed E-state index contributed by atoms with van der Waals surface area (Å²) in [6.07, 6.45) is 6.12. The largest absolute Gasteiger partial charge is 0.508 e. The van der Waals surface area contributed by atoms with Crippen LogP contribution in [0.5, 0.6) is 5.75 Å². The molecule has 80 valence electrons. The molecule has 0 fully saturated rings. The summed E-state index contributed by atoms with van der Waals surface area (Å²) in [5.41, 5.74) is 5.01. The molecule has 0 radical (unpaired) electrons. The van der Waals surface area contributed by atoms with Crippen molar-refractivity contribution in [3.05, 3.63) is 28.3 Å². The minimum Gasteiger partial charge on any atom is -0.508 e. The molecule has 0 saturated heterocycles. The molecule has 1 rings (SSSR count). The van der Waals surface area contributed by atoms with Gasteiger partial charge in [0.15, 0.2) is 0 Å². The van der Waals surface area contributed by atoms with Crippen molar-refractivity contribution >= 4 is 23.2 Å². The van der Waals surface area contributed by atoms with Gasteiger partial charge in [0, 0.05) is 0 Å². The van der Waals surface area contributed by atoms with Gasteiger partial charge in [-0.2, -0.15) is 0 Å². The number of benzene rings is 1. The number of nitro benzene ring substituents is 1. The third kappa shape index (κ3) is 4.59. The van der Waals surface area contributed by atoms with E-state index in [9.17, 15) is 10.1 Å². The number of anilines is 1. The standard InChI is InChI=1S/C6H6N2O3.C2HClO/c7-5-2-1-4(9)3-6(5)8(10)11;1-2-4-3/h1-3,9H,7H2;1H. The first-order valence-corrected chi connectivity index (χ1v) is 3.79. The maximum atomic E-state index is 10.2. The van der Waals surface area contributed by atoms with Crippen LogP contribution in [0.15, 0.2) is 18.2 Å². The Morgan fingerprint density at radius 2 is 2.20 bits per heavy atom. The van der Waals surface area contributed by atoms with Crippen molar-refractivity contribution < 1.29 is 14.3 Å². The molecule has 0 bridgehead atoms. The highest BCUT2D eigenvalue weighted by molar-refractivity contribution is 6.08. The molecule has 0 aromatic heterocycles. The molecular formula is C8H7ClN2O4. The molecule has 0 unspecified atom stereocenters. The second-order valence-corrected chi connectivity index (χ2v) is 2.35. The third-order valence-electron chi connectivity index (χ3n) is 1.26. The SMILES string of the molecule is C#COCl.Nc1ccc(O)cc1[N+](=O)[O-]. The van der Waals surface area contributed by atoms with Gasteiger partial charge in [-0.1, -0.05) is 6.42 Å². The summed E-state index contributed by atoms with van der Waals surface area (Å²) >= 11 is 4.45. The molecule has 15 heavy (non-hydrogen) atoms. The number of aromatic hydroxyl groups is 1. The molecule has 7 heteroatoms. The molecule has 0 aliphatic rings. The summed E-state index contributed by atoms with van der Waals surface area (Å²) in [5, 5.41) is 19.0. The predicted molar refractivity (Wildman–Crippen MR) is 54.9 cm³/mol. The monoisotopic (exact) mass is 230 g/mol. The molecular weight excluding hydrogens is 224 g/mol. The predicted octanol–water partition coefficient (Wildman–Crippen LogP) is 1.63. The highest BCUT2D eigenvalue weighted by atomic mass is 35.5. The van der Waals surface area contributed by atoms with Crippen molar-refractivity contribution in [2.24, 2.45) is 0 Å². The Labute approximate surface area is 90.5 Å². The Balaban J connectivity index is 0.000000423. The molecule has 1 aromatic rings. The van der Waals surface area contributed by atoms with Crippen LogP contribution in [-0.2, 0) is 4.29 Å². The average Bonchev–Trinajstić information content (AvgIpc) is 2.22. The maximum absolute atomic E-state index is 10.2. The molecule has 0 saturated carbocycles. The lowest BCUT2D eigenvalue weighted by atomic mass is 10.2. The molecule has 0 heterocycles. The number of hydrogen-bond donors (Lipinski definition) is 2. The summed E-state index contributed by atoms with van der Waals surface area (Å²) in [6.45, 7) is 0. The fraction of sp³-hybridized carbons (Fsp3) is 0. The van der Waals surface area contributed by atoms with Crippen LogP contribution < -0.4 is 5.73 Å². The lowest BCUT2D eigenvalue weighted by Crippen LogP contribution is -1.94. The first-order valence-electron chi connectivity index (χ1n) is 3.49. The van der Waals surface area contributed by atoms with E-state index in [1.54, 1.807) is 6.11 Å². The van der Waals surface area contributed by atoms with Gasteiger partial charge in [-0.3, -0.25) is 10.1 Å². The van der Waals surface area contributed by atoms with E-state index in [4.69, 9.17) is 10.8 Å². The lowest BCUT2D eigenvalue weighted by molar-refractivity contribution is -0.384. The quantitative estimate of drug-likeness (QED) is 0.251. The van der Waals surface area contributed by atoms with E-state index in [0.717, 1.165) is 6.07 Å². The van der Waals surface area contributed by atoms with Crippen LogP contribution in [0.2, 0.25) is 0 Å². The van der Waals surface area contributed by atoms with E-state index >= 15 is 0 Å². The number of nitrogens with two attached hydrogens (primary N) is 1. The normalized spacial score (nSPS) is 8.00. The number of rotatable bonds is 1. The number of halogens is 1. The number of hydrogen-bond acceptors (Lipinski definition) is 5. The van der Waals surface area contributed by atoms with Crippen LogP contribution >= 0.6 is 11.9 Å². The topological polar surface area (TPSA) is 98.6 Å². The number of nitro groups is 1. The first-order chi connectivity index (χ1) is 7.02. The van der Waals surface area contributed by atoms with Gasteiger partial charge in [0.25, 0.3) is 5.69 Å². The zero-order chi connectivity index (χ0) is 11.8. The van der Waals surface area contributed by atoms with Gasteiger partial charge in [-0.15, -0.1) is 0 Å². The summed E-state index contributed by atoms with van der Waals surface area (Å²) < 4.78 is 3.54. The van der Waals surface area contributed by atoms with Gasteiger partial charge in [0.2, 0.25) is 0 Å². The van der Waals surface area contributed by atoms with E-state index < -0.39 is 4.92 Å². The van der Waals surface area contributed by atoms with Crippen LogP contribution in [0.25, 0.3) is 0 Å². The van der Waals surface area contributed by atoms with Crippen LogP contribution in [-0.4, -0.2) is 10.0 Å². The van der Waals surface area contributed by atoms with Gasteiger partial charge < -0.3 is 15.1 Å². The molecule has 3 N–H and O–H groups in total.